The molecule has 1 fully saturated rings. The van der Waals surface area contributed by atoms with Crippen molar-refractivity contribution in [1.29, 1.82) is 0 Å². The number of nitrogens with two attached hydrogens (primary N) is 1. The van der Waals surface area contributed by atoms with E-state index in [2.05, 4.69) is 26.1 Å². The Morgan fingerprint density at radius 1 is 1.31 bits per heavy atom. The van der Waals surface area contributed by atoms with Crippen molar-refractivity contribution in [3.05, 3.63) is 0 Å². The molecule has 0 spiro atoms. The molecule has 0 aromatic heterocycles. The van der Waals surface area contributed by atoms with Crippen LogP contribution < -0.4 is 11.1 Å². The van der Waals surface area contributed by atoms with Gasteiger partial charge in [-0.05, 0) is 32.2 Å². The van der Waals surface area contributed by atoms with Crippen molar-refractivity contribution in [3.8, 4) is 0 Å². The Bertz CT molecular complexity index is 183. The number of hydrogen-bond acceptors (Lipinski definition) is 3. The predicted octanol–water partition coefficient (Wildman–Crippen LogP) is 1.91. The van der Waals surface area contributed by atoms with Crippen molar-refractivity contribution in [2.24, 2.45) is 11.7 Å². The number of rotatable bonds is 7. The van der Waals surface area contributed by atoms with E-state index in [0.29, 0.717) is 24.8 Å². The van der Waals surface area contributed by atoms with E-state index in [1.165, 1.54) is 19.3 Å². The molecule has 1 saturated heterocycles. The van der Waals surface area contributed by atoms with Crippen LogP contribution in [0, 0.1) is 5.92 Å². The van der Waals surface area contributed by atoms with Crippen molar-refractivity contribution in [2.45, 2.75) is 64.7 Å². The molecule has 3 atom stereocenters. The van der Waals surface area contributed by atoms with Crippen LogP contribution in [0.2, 0.25) is 0 Å². The minimum atomic E-state index is 0.328. The predicted molar refractivity (Wildman–Crippen MR) is 68.5 cm³/mol. The first-order valence-corrected chi connectivity index (χ1v) is 6.80. The van der Waals surface area contributed by atoms with Gasteiger partial charge in [-0.25, -0.2) is 0 Å². The van der Waals surface area contributed by atoms with Gasteiger partial charge in [-0.2, -0.15) is 0 Å². The smallest absolute Gasteiger partial charge is 0.0744 e. The van der Waals surface area contributed by atoms with E-state index >= 15 is 0 Å². The molecular weight excluding hydrogens is 200 g/mol. The van der Waals surface area contributed by atoms with Crippen LogP contribution in [0.5, 0.6) is 0 Å². The second-order valence-electron chi connectivity index (χ2n) is 5.00. The maximum absolute atomic E-state index is 5.87. The molecule has 0 saturated carbocycles. The minimum Gasteiger partial charge on any atom is -0.374 e. The molecule has 0 aliphatic carbocycles. The molecule has 0 bridgehead atoms. The van der Waals surface area contributed by atoms with Gasteiger partial charge in [-0.15, -0.1) is 0 Å². The zero-order valence-electron chi connectivity index (χ0n) is 11.0. The first kappa shape index (κ1) is 13.9. The SMILES string of the molecule is CCC(CC)CNC(CN)C1CCC(C)O1. The van der Waals surface area contributed by atoms with Crippen LogP contribution >= 0.6 is 0 Å². The largest absolute Gasteiger partial charge is 0.374 e. The van der Waals surface area contributed by atoms with Gasteiger partial charge in [0, 0.05) is 12.6 Å². The van der Waals surface area contributed by atoms with Crippen LogP contribution in [-0.4, -0.2) is 31.3 Å². The average molecular weight is 228 g/mol. The molecule has 1 heterocycles. The Balaban J connectivity index is 2.31. The average Bonchev–Trinajstić information content (AvgIpc) is 2.71. The standard InChI is InChI=1S/C13H28N2O/c1-4-11(5-2)9-15-12(8-14)13-7-6-10(3)16-13/h10-13,15H,4-9,14H2,1-3H3. The van der Waals surface area contributed by atoms with Gasteiger partial charge in [0.15, 0.2) is 0 Å². The summed E-state index contributed by atoms with van der Waals surface area (Å²) in [5.74, 6) is 0.771. The molecule has 3 unspecified atom stereocenters. The summed E-state index contributed by atoms with van der Waals surface area (Å²) >= 11 is 0. The monoisotopic (exact) mass is 228 g/mol. The number of hydrogen-bond donors (Lipinski definition) is 2. The highest BCUT2D eigenvalue weighted by molar-refractivity contribution is 4.84. The molecule has 1 rings (SSSR count). The van der Waals surface area contributed by atoms with Gasteiger partial charge < -0.3 is 15.8 Å². The summed E-state index contributed by atoms with van der Waals surface area (Å²) < 4.78 is 5.87. The molecule has 0 aromatic rings. The van der Waals surface area contributed by atoms with Crippen LogP contribution in [0.25, 0.3) is 0 Å². The Morgan fingerprint density at radius 2 is 2.00 bits per heavy atom. The van der Waals surface area contributed by atoms with Crippen molar-refractivity contribution >= 4 is 0 Å². The summed E-state index contributed by atoms with van der Waals surface area (Å²) in [7, 11) is 0. The fourth-order valence-corrected chi connectivity index (χ4v) is 2.39. The van der Waals surface area contributed by atoms with Gasteiger partial charge in [-0.1, -0.05) is 26.7 Å². The molecule has 3 nitrogen and oxygen atoms in total. The molecule has 3 N–H and O–H groups in total. The fourth-order valence-electron chi connectivity index (χ4n) is 2.39. The quantitative estimate of drug-likeness (QED) is 0.700. The van der Waals surface area contributed by atoms with E-state index in [9.17, 15) is 0 Å². The molecule has 1 aliphatic heterocycles. The summed E-state index contributed by atoms with van der Waals surface area (Å²) in [6.07, 6.45) is 5.54. The second kappa shape index (κ2) is 7.25. The molecule has 1 aliphatic rings. The summed E-state index contributed by atoms with van der Waals surface area (Å²) in [4.78, 5) is 0. The van der Waals surface area contributed by atoms with Crippen molar-refractivity contribution in [3.63, 3.8) is 0 Å². The van der Waals surface area contributed by atoms with Gasteiger partial charge in [0.05, 0.1) is 12.2 Å². The minimum absolute atomic E-state index is 0.328. The highest BCUT2D eigenvalue weighted by atomic mass is 16.5. The summed E-state index contributed by atoms with van der Waals surface area (Å²) in [6, 6.07) is 0.338. The Kier molecular flexibility index (Phi) is 6.32. The van der Waals surface area contributed by atoms with Gasteiger partial charge in [0.25, 0.3) is 0 Å². The van der Waals surface area contributed by atoms with E-state index in [0.717, 1.165) is 18.9 Å². The highest BCUT2D eigenvalue weighted by Crippen LogP contribution is 2.21. The second-order valence-corrected chi connectivity index (χ2v) is 5.00. The molecule has 0 radical (unpaired) electrons. The molecule has 3 heteroatoms. The van der Waals surface area contributed by atoms with Gasteiger partial charge in [0.1, 0.15) is 0 Å². The van der Waals surface area contributed by atoms with E-state index in [4.69, 9.17) is 10.5 Å². The van der Waals surface area contributed by atoms with E-state index < -0.39 is 0 Å². The first-order valence-electron chi connectivity index (χ1n) is 6.80. The lowest BCUT2D eigenvalue weighted by Gasteiger charge is -2.25. The third kappa shape index (κ3) is 4.04. The number of nitrogens with one attached hydrogen (secondary N) is 1. The van der Waals surface area contributed by atoms with E-state index in [1.54, 1.807) is 0 Å². The van der Waals surface area contributed by atoms with Crippen LogP contribution in [0.4, 0.5) is 0 Å². The Labute approximate surface area is 100 Å². The fraction of sp³-hybridized carbons (Fsp3) is 1.00. The van der Waals surface area contributed by atoms with Crippen LogP contribution in [-0.2, 0) is 4.74 Å². The summed E-state index contributed by atoms with van der Waals surface area (Å²) in [6.45, 7) is 8.40. The van der Waals surface area contributed by atoms with Crippen molar-refractivity contribution in [1.82, 2.24) is 5.32 Å². The van der Waals surface area contributed by atoms with E-state index in [-0.39, 0.29) is 0 Å². The van der Waals surface area contributed by atoms with Crippen LogP contribution in [0.3, 0.4) is 0 Å². The van der Waals surface area contributed by atoms with Gasteiger partial charge >= 0.3 is 0 Å². The maximum atomic E-state index is 5.87. The van der Waals surface area contributed by atoms with E-state index in [1.807, 2.05) is 0 Å². The molecule has 0 aromatic carbocycles. The zero-order chi connectivity index (χ0) is 12.0. The van der Waals surface area contributed by atoms with Gasteiger partial charge in [-0.3, -0.25) is 0 Å². The number of ether oxygens (including phenoxy) is 1. The Hall–Kier alpha value is -0.120. The third-order valence-corrected chi connectivity index (χ3v) is 3.79. The summed E-state index contributed by atoms with van der Waals surface area (Å²) in [5, 5.41) is 3.58. The highest BCUT2D eigenvalue weighted by Gasteiger charge is 2.28. The Morgan fingerprint density at radius 3 is 2.44 bits per heavy atom. The van der Waals surface area contributed by atoms with Crippen LogP contribution in [0.15, 0.2) is 0 Å². The maximum Gasteiger partial charge on any atom is 0.0744 e. The van der Waals surface area contributed by atoms with Gasteiger partial charge in [0.2, 0.25) is 0 Å². The third-order valence-electron chi connectivity index (χ3n) is 3.79. The van der Waals surface area contributed by atoms with Crippen LogP contribution in [0.1, 0.15) is 46.5 Å². The lowest BCUT2D eigenvalue weighted by molar-refractivity contribution is 0.0329. The topological polar surface area (TPSA) is 47.3 Å². The lowest BCUT2D eigenvalue weighted by atomic mass is 10.0. The zero-order valence-corrected chi connectivity index (χ0v) is 11.0. The molecular formula is C13H28N2O. The molecule has 96 valence electrons. The normalized spacial score (nSPS) is 27.6. The van der Waals surface area contributed by atoms with Crippen molar-refractivity contribution < 1.29 is 4.74 Å². The summed E-state index contributed by atoms with van der Waals surface area (Å²) in [5.41, 5.74) is 5.82. The molecule has 0 amide bonds. The first-order chi connectivity index (χ1) is 7.71. The lowest BCUT2D eigenvalue weighted by Crippen LogP contribution is -2.47. The van der Waals surface area contributed by atoms with Crippen molar-refractivity contribution in [2.75, 3.05) is 13.1 Å². The molecule has 16 heavy (non-hydrogen) atoms.